The predicted molar refractivity (Wildman–Crippen MR) is 160 cm³/mol. The Morgan fingerprint density at radius 1 is 1.00 bits per heavy atom. The van der Waals surface area contributed by atoms with Crippen molar-refractivity contribution in [2.24, 2.45) is 0 Å². The van der Waals surface area contributed by atoms with Crippen LogP contribution in [0.2, 0.25) is 0 Å². The summed E-state index contributed by atoms with van der Waals surface area (Å²) in [6.45, 7) is 6.65. The van der Waals surface area contributed by atoms with Crippen LogP contribution in [-0.4, -0.2) is 79.1 Å². The first-order chi connectivity index (χ1) is 20.6. The Labute approximate surface area is 248 Å². The lowest BCUT2D eigenvalue weighted by Gasteiger charge is -2.32. The zero-order valence-corrected chi connectivity index (χ0v) is 24.8. The molecule has 0 N–H and O–H groups in total. The number of ether oxygens (including phenoxy) is 3. The van der Waals surface area contributed by atoms with Crippen LogP contribution in [0.25, 0.3) is 44.6 Å². The number of pyridine rings is 1. The van der Waals surface area contributed by atoms with Crippen molar-refractivity contribution >= 4 is 34.4 Å². The third-order valence-electron chi connectivity index (χ3n) is 7.43. The minimum Gasteiger partial charge on any atom is -0.481 e. The van der Waals surface area contributed by atoms with Crippen LogP contribution >= 0.6 is 0 Å². The molecule has 43 heavy (non-hydrogen) atoms. The van der Waals surface area contributed by atoms with E-state index in [9.17, 15) is 9.59 Å². The van der Waals surface area contributed by atoms with E-state index in [1.54, 1.807) is 36.7 Å². The molecule has 6 rings (SSSR count). The van der Waals surface area contributed by atoms with Gasteiger partial charge in [-0.05, 0) is 57.4 Å². The molecule has 0 saturated carbocycles. The van der Waals surface area contributed by atoms with Crippen LogP contribution in [0.1, 0.15) is 39.7 Å². The van der Waals surface area contributed by atoms with Crippen molar-refractivity contribution in [2.75, 3.05) is 27.3 Å². The average molecular weight is 584 g/mol. The number of nitrogens with zero attached hydrogens (tertiary/aromatic N) is 7. The molecular weight excluding hydrogens is 550 g/mol. The third kappa shape index (κ3) is 5.47. The number of hydrogen-bond acceptors (Lipinski definition) is 9. The predicted octanol–water partition coefficient (Wildman–Crippen LogP) is 5.71. The Hall–Kier alpha value is -5.00. The zero-order chi connectivity index (χ0) is 30.3. The first-order valence-electron chi connectivity index (χ1n) is 14.1. The molecule has 5 aromatic rings. The molecular formula is C31H33N7O5. The lowest BCUT2D eigenvalue weighted by molar-refractivity contribution is 0.0543. The lowest BCUT2D eigenvalue weighted by Crippen LogP contribution is -2.40. The molecule has 5 heterocycles. The van der Waals surface area contributed by atoms with E-state index < -0.39 is 11.7 Å². The molecule has 1 aliphatic heterocycles. The fourth-order valence-corrected chi connectivity index (χ4v) is 5.43. The smallest absolute Gasteiger partial charge is 0.420 e. The molecule has 1 saturated heterocycles. The fourth-order valence-electron chi connectivity index (χ4n) is 5.43. The maximum absolute atomic E-state index is 13.3. The van der Waals surface area contributed by atoms with Gasteiger partial charge in [0.25, 0.3) is 0 Å². The highest BCUT2D eigenvalue weighted by Crippen LogP contribution is 2.34. The topological polar surface area (TPSA) is 126 Å². The van der Waals surface area contributed by atoms with Gasteiger partial charge in [0.05, 0.1) is 49.5 Å². The number of piperidine rings is 1. The summed E-state index contributed by atoms with van der Waals surface area (Å²) in [5.41, 5.74) is 4.89. The zero-order valence-electron chi connectivity index (χ0n) is 24.8. The van der Waals surface area contributed by atoms with E-state index in [1.807, 2.05) is 51.4 Å². The molecule has 0 radical (unpaired) electrons. The molecule has 1 aliphatic rings. The summed E-state index contributed by atoms with van der Waals surface area (Å²) in [6.07, 6.45) is 7.70. The van der Waals surface area contributed by atoms with Gasteiger partial charge in [-0.1, -0.05) is 6.07 Å². The van der Waals surface area contributed by atoms with Gasteiger partial charge in [0.2, 0.25) is 5.88 Å². The lowest BCUT2D eigenvalue weighted by atomic mass is 10.0. The third-order valence-corrected chi connectivity index (χ3v) is 7.43. The Kier molecular flexibility index (Phi) is 7.20. The summed E-state index contributed by atoms with van der Waals surface area (Å²) in [5.74, 6) is 0.457. The van der Waals surface area contributed by atoms with Gasteiger partial charge in [-0.3, -0.25) is 0 Å². The molecule has 222 valence electrons. The first-order valence-corrected chi connectivity index (χ1v) is 14.1. The SMILES string of the molecule is COC(=O)N1CCCC(n2cnc3ccc(-c4cn(C(=O)OC(C)(C)C)c5ncc(-c6ccnc(OC)c6)nc45)cc32)C1. The highest BCUT2D eigenvalue weighted by molar-refractivity contribution is 5.98. The number of imidazole rings is 1. The number of methoxy groups -OCH3 is 2. The summed E-state index contributed by atoms with van der Waals surface area (Å²) >= 11 is 0. The molecule has 1 unspecified atom stereocenters. The minimum absolute atomic E-state index is 0.0456. The number of benzene rings is 1. The molecule has 4 aromatic heterocycles. The Bertz CT molecular complexity index is 1840. The number of carbonyl (C=O) groups excluding carboxylic acids is 2. The van der Waals surface area contributed by atoms with Crippen LogP contribution in [0, 0.1) is 0 Å². The van der Waals surface area contributed by atoms with E-state index in [0.717, 1.165) is 35.0 Å². The second-order valence-electron chi connectivity index (χ2n) is 11.5. The van der Waals surface area contributed by atoms with E-state index in [-0.39, 0.29) is 12.1 Å². The van der Waals surface area contributed by atoms with Crippen molar-refractivity contribution in [2.45, 2.75) is 45.3 Å². The minimum atomic E-state index is -0.696. The monoisotopic (exact) mass is 583 g/mol. The Balaban J connectivity index is 1.47. The molecule has 1 aromatic carbocycles. The highest BCUT2D eigenvalue weighted by Gasteiger charge is 2.27. The van der Waals surface area contributed by atoms with Crippen molar-refractivity contribution < 1.29 is 23.8 Å². The summed E-state index contributed by atoms with van der Waals surface area (Å²) in [5, 5.41) is 0. The summed E-state index contributed by atoms with van der Waals surface area (Å²) in [4.78, 5) is 45.7. The Morgan fingerprint density at radius 3 is 2.60 bits per heavy atom. The molecule has 1 amide bonds. The highest BCUT2D eigenvalue weighted by atomic mass is 16.6. The van der Waals surface area contributed by atoms with Gasteiger partial charge in [-0.25, -0.2) is 34.1 Å². The standard InChI is InChI=1S/C31H33N7O5/c1-31(2,3)43-30(40)37-17-22(27-28(37)33-15-24(35-27)20-10-11-32-26(14-20)41-4)19-8-9-23-25(13-19)38(18-34-23)21-7-6-12-36(16-21)29(39)42-5/h8-11,13-15,17-18,21H,6-7,12,16H2,1-5H3. The van der Waals surface area contributed by atoms with E-state index >= 15 is 0 Å². The van der Waals surface area contributed by atoms with Crippen molar-refractivity contribution in [3.63, 3.8) is 0 Å². The number of hydrogen-bond donors (Lipinski definition) is 0. The molecule has 12 nitrogen and oxygen atoms in total. The van der Waals surface area contributed by atoms with E-state index in [1.165, 1.54) is 11.7 Å². The second kappa shape index (κ2) is 11.0. The van der Waals surface area contributed by atoms with Crippen molar-refractivity contribution in [3.05, 3.63) is 55.2 Å². The molecule has 1 fully saturated rings. The van der Waals surface area contributed by atoms with E-state index in [2.05, 4.69) is 19.5 Å². The average Bonchev–Trinajstić information content (AvgIpc) is 3.61. The number of fused-ring (bicyclic) bond motifs is 2. The van der Waals surface area contributed by atoms with E-state index in [4.69, 9.17) is 19.2 Å². The number of rotatable bonds is 4. The summed E-state index contributed by atoms with van der Waals surface area (Å²) in [7, 11) is 2.96. The first kappa shape index (κ1) is 28.1. The Morgan fingerprint density at radius 2 is 1.84 bits per heavy atom. The van der Waals surface area contributed by atoms with Crippen LogP contribution in [0.5, 0.6) is 5.88 Å². The fraction of sp³-hybridized carbons (Fsp3) is 0.355. The van der Waals surface area contributed by atoms with Gasteiger partial charge < -0.3 is 23.7 Å². The van der Waals surface area contributed by atoms with Crippen molar-refractivity contribution in [1.82, 2.24) is 34.0 Å². The van der Waals surface area contributed by atoms with E-state index in [0.29, 0.717) is 41.4 Å². The largest absolute Gasteiger partial charge is 0.481 e. The normalized spacial score (nSPS) is 15.6. The summed E-state index contributed by atoms with van der Waals surface area (Å²) < 4.78 is 19.5. The van der Waals surface area contributed by atoms with Crippen LogP contribution in [0.3, 0.4) is 0 Å². The van der Waals surface area contributed by atoms with Gasteiger partial charge in [0, 0.05) is 42.7 Å². The van der Waals surface area contributed by atoms with Crippen LogP contribution < -0.4 is 4.74 Å². The molecule has 0 spiro atoms. The van der Waals surface area contributed by atoms with Crippen molar-refractivity contribution in [1.29, 1.82) is 0 Å². The van der Waals surface area contributed by atoms with Gasteiger partial charge in [-0.2, -0.15) is 0 Å². The van der Waals surface area contributed by atoms with Crippen LogP contribution in [-0.2, 0) is 9.47 Å². The van der Waals surface area contributed by atoms with Gasteiger partial charge in [-0.15, -0.1) is 0 Å². The maximum Gasteiger partial charge on any atom is 0.420 e. The molecule has 12 heteroatoms. The molecule has 0 aliphatic carbocycles. The van der Waals surface area contributed by atoms with Gasteiger partial charge in [0.1, 0.15) is 11.1 Å². The summed E-state index contributed by atoms with van der Waals surface area (Å²) in [6, 6.07) is 9.60. The second-order valence-corrected chi connectivity index (χ2v) is 11.5. The number of aromatic nitrogens is 6. The van der Waals surface area contributed by atoms with Gasteiger partial charge >= 0.3 is 12.2 Å². The van der Waals surface area contributed by atoms with Crippen molar-refractivity contribution in [3.8, 4) is 28.3 Å². The van der Waals surface area contributed by atoms with Gasteiger partial charge in [0.15, 0.2) is 5.65 Å². The molecule has 1 atom stereocenters. The number of likely N-dealkylation sites (tertiary alicyclic amines) is 1. The quantitative estimate of drug-likeness (QED) is 0.262. The number of amides is 1. The van der Waals surface area contributed by atoms with Crippen LogP contribution in [0.15, 0.2) is 55.2 Å². The number of carbonyl (C=O) groups is 2. The molecule has 0 bridgehead atoms. The maximum atomic E-state index is 13.3. The van der Waals surface area contributed by atoms with Crippen LogP contribution in [0.4, 0.5) is 9.59 Å².